The summed E-state index contributed by atoms with van der Waals surface area (Å²) >= 11 is 0. The highest BCUT2D eigenvalue weighted by atomic mass is 16.5. The highest BCUT2D eigenvalue weighted by Crippen LogP contribution is 2.29. The normalized spacial score (nSPS) is 10.0. The van der Waals surface area contributed by atoms with Gasteiger partial charge in [-0.3, -0.25) is 9.59 Å². The molecule has 21 heavy (non-hydrogen) atoms. The molecule has 0 bridgehead atoms. The molecule has 0 amide bonds. The van der Waals surface area contributed by atoms with Gasteiger partial charge in [-0.25, -0.2) is 0 Å². The number of carbonyl (C=O) groups excluding carboxylic acids is 2. The van der Waals surface area contributed by atoms with Gasteiger partial charge < -0.3 is 14.6 Å². The van der Waals surface area contributed by atoms with Crippen LogP contribution in [-0.4, -0.2) is 31.4 Å². The molecule has 0 saturated carbocycles. The lowest BCUT2D eigenvalue weighted by Gasteiger charge is -2.10. The maximum Gasteiger partial charge on any atom is 0.194 e. The van der Waals surface area contributed by atoms with E-state index >= 15 is 0 Å². The second-order valence-corrected chi connectivity index (χ2v) is 4.29. The highest BCUT2D eigenvalue weighted by Gasteiger charge is 2.16. The third-order valence-corrected chi connectivity index (χ3v) is 3.05. The molecule has 5 nitrogen and oxygen atoms in total. The van der Waals surface area contributed by atoms with Crippen LogP contribution in [0.15, 0.2) is 36.4 Å². The summed E-state index contributed by atoms with van der Waals surface area (Å²) < 4.78 is 10.3. The first kappa shape index (κ1) is 14.6. The minimum Gasteiger partial charge on any atom is -0.508 e. The second kappa shape index (κ2) is 6.09. The molecule has 0 unspecified atom stereocenters. The van der Waals surface area contributed by atoms with Crippen molar-refractivity contribution in [2.45, 2.75) is 0 Å². The fourth-order valence-corrected chi connectivity index (χ4v) is 1.98. The molecule has 0 aliphatic carbocycles. The molecule has 2 aromatic rings. The molecular weight excluding hydrogens is 272 g/mol. The van der Waals surface area contributed by atoms with E-state index in [1.807, 2.05) is 0 Å². The Morgan fingerprint density at radius 2 is 1.76 bits per heavy atom. The van der Waals surface area contributed by atoms with Crippen LogP contribution in [0.25, 0.3) is 0 Å². The number of hydrogen-bond acceptors (Lipinski definition) is 5. The largest absolute Gasteiger partial charge is 0.508 e. The number of aldehydes is 1. The molecule has 2 rings (SSSR count). The third kappa shape index (κ3) is 2.86. The van der Waals surface area contributed by atoms with Crippen molar-refractivity contribution in [2.75, 3.05) is 14.2 Å². The first-order valence-electron chi connectivity index (χ1n) is 6.15. The summed E-state index contributed by atoms with van der Waals surface area (Å²) in [6, 6.07) is 8.73. The van der Waals surface area contributed by atoms with Gasteiger partial charge in [0.25, 0.3) is 0 Å². The summed E-state index contributed by atoms with van der Waals surface area (Å²) in [5.74, 6) is 0.454. The van der Waals surface area contributed by atoms with Crippen LogP contribution in [0.1, 0.15) is 26.3 Å². The van der Waals surface area contributed by atoms with Gasteiger partial charge in [-0.15, -0.1) is 0 Å². The number of phenols is 1. The Morgan fingerprint density at radius 1 is 1.05 bits per heavy atom. The van der Waals surface area contributed by atoms with Crippen molar-refractivity contribution in [1.29, 1.82) is 0 Å². The summed E-state index contributed by atoms with van der Waals surface area (Å²) in [6.45, 7) is 0. The Bertz CT molecular complexity index is 691. The molecule has 2 aromatic carbocycles. The van der Waals surface area contributed by atoms with Gasteiger partial charge in [0, 0.05) is 16.7 Å². The summed E-state index contributed by atoms with van der Waals surface area (Å²) in [5, 5.41) is 9.50. The van der Waals surface area contributed by atoms with Gasteiger partial charge in [0.15, 0.2) is 23.6 Å². The van der Waals surface area contributed by atoms with E-state index in [4.69, 9.17) is 9.47 Å². The van der Waals surface area contributed by atoms with Crippen LogP contribution < -0.4 is 9.47 Å². The number of methoxy groups -OCH3 is 2. The molecule has 5 heteroatoms. The zero-order valence-corrected chi connectivity index (χ0v) is 11.6. The number of rotatable bonds is 5. The third-order valence-electron chi connectivity index (χ3n) is 3.05. The average Bonchev–Trinajstić information content (AvgIpc) is 2.53. The monoisotopic (exact) mass is 286 g/mol. The van der Waals surface area contributed by atoms with E-state index in [-0.39, 0.29) is 22.7 Å². The van der Waals surface area contributed by atoms with Crippen LogP contribution in [0.5, 0.6) is 17.2 Å². The van der Waals surface area contributed by atoms with Crippen LogP contribution in [0, 0.1) is 0 Å². The van der Waals surface area contributed by atoms with Gasteiger partial charge in [0.1, 0.15) is 5.75 Å². The minimum absolute atomic E-state index is 0.0792. The summed E-state index contributed by atoms with van der Waals surface area (Å²) in [6.07, 6.45) is 0.577. The van der Waals surface area contributed by atoms with Crippen molar-refractivity contribution in [3.05, 3.63) is 53.1 Å². The molecular formula is C16H14O5. The maximum absolute atomic E-state index is 12.5. The predicted molar refractivity (Wildman–Crippen MR) is 76.5 cm³/mol. The number of ketones is 1. The number of carbonyl (C=O) groups is 2. The van der Waals surface area contributed by atoms with Crippen molar-refractivity contribution < 1.29 is 24.2 Å². The topological polar surface area (TPSA) is 72.8 Å². The summed E-state index contributed by atoms with van der Waals surface area (Å²) in [5.41, 5.74) is 0.686. The minimum atomic E-state index is -0.381. The number of benzene rings is 2. The average molecular weight is 286 g/mol. The zero-order chi connectivity index (χ0) is 15.4. The molecule has 0 radical (unpaired) electrons. The van der Waals surface area contributed by atoms with Gasteiger partial charge in [0.2, 0.25) is 0 Å². The molecule has 0 aliphatic rings. The van der Waals surface area contributed by atoms with E-state index in [0.717, 1.165) is 0 Å². The predicted octanol–water partition coefficient (Wildman–Crippen LogP) is 2.45. The molecule has 0 aliphatic heterocycles. The summed E-state index contributed by atoms with van der Waals surface area (Å²) in [7, 11) is 2.97. The SMILES string of the molecule is COc1ccc(C(=O)c2cc(O)ccc2C=O)cc1OC. The van der Waals surface area contributed by atoms with Crippen molar-refractivity contribution in [3.63, 3.8) is 0 Å². The van der Waals surface area contributed by atoms with Crippen molar-refractivity contribution in [2.24, 2.45) is 0 Å². The van der Waals surface area contributed by atoms with Gasteiger partial charge in [-0.1, -0.05) is 0 Å². The van der Waals surface area contributed by atoms with E-state index in [1.54, 1.807) is 12.1 Å². The Hall–Kier alpha value is -2.82. The standard InChI is InChI=1S/C16H14O5/c1-20-14-6-4-10(7-15(14)21-2)16(19)13-8-12(18)5-3-11(13)9-17/h3-9,18H,1-2H3. The Labute approximate surface area is 121 Å². The molecule has 0 fully saturated rings. The number of ether oxygens (including phenoxy) is 2. The van der Waals surface area contributed by atoms with Crippen LogP contribution in [-0.2, 0) is 0 Å². The first-order valence-corrected chi connectivity index (χ1v) is 6.15. The van der Waals surface area contributed by atoms with Crippen LogP contribution in [0.2, 0.25) is 0 Å². The highest BCUT2D eigenvalue weighted by molar-refractivity contribution is 6.13. The van der Waals surface area contributed by atoms with E-state index in [1.165, 1.54) is 38.5 Å². The lowest BCUT2D eigenvalue weighted by Crippen LogP contribution is -2.05. The van der Waals surface area contributed by atoms with Gasteiger partial charge >= 0.3 is 0 Å². The van der Waals surface area contributed by atoms with Gasteiger partial charge in [-0.2, -0.15) is 0 Å². The van der Waals surface area contributed by atoms with Crippen LogP contribution in [0.3, 0.4) is 0 Å². The second-order valence-electron chi connectivity index (χ2n) is 4.29. The number of aromatic hydroxyl groups is 1. The lowest BCUT2D eigenvalue weighted by molar-refractivity contribution is 0.102. The fourth-order valence-electron chi connectivity index (χ4n) is 1.98. The van der Waals surface area contributed by atoms with Crippen LogP contribution in [0.4, 0.5) is 0 Å². The molecule has 0 atom stereocenters. The quantitative estimate of drug-likeness (QED) is 0.675. The smallest absolute Gasteiger partial charge is 0.194 e. The number of phenolic OH excluding ortho intramolecular Hbond substituents is 1. The molecule has 0 heterocycles. The zero-order valence-electron chi connectivity index (χ0n) is 11.6. The molecule has 0 saturated heterocycles. The van der Waals surface area contributed by atoms with Crippen LogP contribution >= 0.6 is 0 Å². The Kier molecular flexibility index (Phi) is 4.23. The van der Waals surface area contributed by atoms with Crippen molar-refractivity contribution in [1.82, 2.24) is 0 Å². The summed E-state index contributed by atoms with van der Waals surface area (Å²) in [4.78, 5) is 23.5. The first-order chi connectivity index (χ1) is 10.1. The van der Waals surface area contributed by atoms with E-state index < -0.39 is 0 Å². The molecule has 0 aromatic heterocycles. The molecule has 1 N–H and O–H groups in total. The van der Waals surface area contributed by atoms with Crippen molar-refractivity contribution >= 4 is 12.1 Å². The lowest BCUT2D eigenvalue weighted by atomic mass is 9.98. The molecule has 108 valence electrons. The maximum atomic E-state index is 12.5. The molecule has 0 spiro atoms. The Morgan fingerprint density at radius 3 is 2.38 bits per heavy atom. The van der Waals surface area contributed by atoms with E-state index in [0.29, 0.717) is 23.3 Å². The Balaban J connectivity index is 2.49. The van der Waals surface area contributed by atoms with Gasteiger partial charge in [-0.05, 0) is 36.4 Å². The van der Waals surface area contributed by atoms with E-state index in [9.17, 15) is 14.7 Å². The van der Waals surface area contributed by atoms with E-state index in [2.05, 4.69) is 0 Å². The van der Waals surface area contributed by atoms with Gasteiger partial charge in [0.05, 0.1) is 14.2 Å². The fraction of sp³-hybridized carbons (Fsp3) is 0.125. The van der Waals surface area contributed by atoms with Crippen molar-refractivity contribution in [3.8, 4) is 17.2 Å². The number of hydrogen-bond donors (Lipinski definition) is 1.